The fourth-order valence-electron chi connectivity index (χ4n) is 1.68. The number of nitrogens with two attached hydrogens (primary N) is 1. The summed E-state index contributed by atoms with van der Waals surface area (Å²) in [6, 6.07) is 7.44. The Balaban J connectivity index is 2.26. The van der Waals surface area contributed by atoms with Gasteiger partial charge in [0.1, 0.15) is 0 Å². The third-order valence-electron chi connectivity index (χ3n) is 2.58. The van der Waals surface area contributed by atoms with Crippen molar-refractivity contribution in [3.05, 3.63) is 45.4 Å². The van der Waals surface area contributed by atoms with Gasteiger partial charge in [-0.2, -0.15) is 0 Å². The standard InChI is InChI=1S/C12H14ClN3S/c1-2-3-10-12(17-16-15-10)11(14)8-4-6-9(13)7-5-8/h4-7,11H,2-3,14H2,1H3. The monoisotopic (exact) mass is 267 g/mol. The van der Waals surface area contributed by atoms with Crippen LogP contribution in [0.2, 0.25) is 5.02 Å². The molecule has 2 aromatic rings. The first-order valence-electron chi connectivity index (χ1n) is 5.54. The van der Waals surface area contributed by atoms with Gasteiger partial charge in [0.25, 0.3) is 0 Å². The molecule has 0 amide bonds. The summed E-state index contributed by atoms with van der Waals surface area (Å²) in [5, 5.41) is 4.85. The van der Waals surface area contributed by atoms with Crippen LogP contribution in [0, 0.1) is 0 Å². The number of benzene rings is 1. The summed E-state index contributed by atoms with van der Waals surface area (Å²) in [6.45, 7) is 2.12. The van der Waals surface area contributed by atoms with Crippen molar-refractivity contribution in [2.24, 2.45) is 5.73 Å². The summed E-state index contributed by atoms with van der Waals surface area (Å²) in [6.07, 6.45) is 1.97. The van der Waals surface area contributed by atoms with Crippen LogP contribution in [0.3, 0.4) is 0 Å². The highest BCUT2D eigenvalue weighted by Gasteiger charge is 2.16. The highest BCUT2D eigenvalue weighted by Crippen LogP contribution is 2.26. The zero-order chi connectivity index (χ0) is 12.3. The summed E-state index contributed by atoms with van der Waals surface area (Å²) in [4.78, 5) is 1.05. The van der Waals surface area contributed by atoms with Gasteiger partial charge in [-0.1, -0.05) is 41.6 Å². The molecule has 1 atom stereocenters. The second-order valence-corrected chi connectivity index (χ2v) is 5.09. The summed E-state index contributed by atoms with van der Waals surface area (Å²) in [7, 11) is 0. The van der Waals surface area contributed by atoms with E-state index in [1.807, 2.05) is 24.3 Å². The molecule has 5 heteroatoms. The molecule has 0 saturated heterocycles. The summed E-state index contributed by atoms with van der Waals surface area (Å²) < 4.78 is 3.99. The van der Waals surface area contributed by atoms with Crippen LogP contribution in [0.4, 0.5) is 0 Å². The number of aryl methyl sites for hydroxylation is 1. The fourth-order valence-corrected chi connectivity index (χ4v) is 2.53. The number of hydrogen-bond acceptors (Lipinski definition) is 4. The van der Waals surface area contributed by atoms with Gasteiger partial charge < -0.3 is 5.73 Å². The quantitative estimate of drug-likeness (QED) is 0.926. The van der Waals surface area contributed by atoms with Gasteiger partial charge >= 0.3 is 0 Å². The van der Waals surface area contributed by atoms with Crippen molar-refractivity contribution in [1.82, 2.24) is 9.59 Å². The van der Waals surface area contributed by atoms with E-state index in [1.54, 1.807) is 0 Å². The van der Waals surface area contributed by atoms with Gasteiger partial charge in [-0.05, 0) is 35.6 Å². The molecule has 0 aliphatic heterocycles. The minimum absolute atomic E-state index is 0.159. The topological polar surface area (TPSA) is 51.8 Å². The Bertz CT molecular complexity index is 481. The van der Waals surface area contributed by atoms with E-state index >= 15 is 0 Å². The average Bonchev–Trinajstić information content (AvgIpc) is 2.78. The number of nitrogens with zero attached hydrogens (tertiary/aromatic N) is 2. The highest BCUT2D eigenvalue weighted by atomic mass is 35.5. The van der Waals surface area contributed by atoms with Crippen molar-refractivity contribution in [3.63, 3.8) is 0 Å². The van der Waals surface area contributed by atoms with E-state index < -0.39 is 0 Å². The predicted molar refractivity (Wildman–Crippen MR) is 71.4 cm³/mol. The molecule has 0 radical (unpaired) electrons. The number of rotatable bonds is 4. The Kier molecular flexibility index (Phi) is 4.10. The van der Waals surface area contributed by atoms with Gasteiger partial charge in [0.05, 0.1) is 16.6 Å². The van der Waals surface area contributed by atoms with E-state index in [0.717, 1.165) is 34.0 Å². The van der Waals surface area contributed by atoms with Crippen LogP contribution >= 0.6 is 23.1 Å². The first-order valence-corrected chi connectivity index (χ1v) is 6.69. The minimum Gasteiger partial charge on any atom is -0.320 e. The van der Waals surface area contributed by atoms with Gasteiger partial charge in [-0.3, -0.25) is 0 Å². The predicted octanol–water partition coefficient (Wildman–Crippen LogP) is 3.19. The molecule has 0 bridgehead atoms. The molecule has 1 aromatic carbocycles. The number of halogens is 1. The molecular weight excluding hydrogens is 254 g/mol. The first kappa shape index (κ1) is 12.5. The Morgan fingerprint density at radius 3 is 2.71 bits per heavy atom. The molecule has 2 N–H and O–H groups in total. The van der Waals surface area contributed by atoms with E-state index in [1.165, 1.54) is 11.5 Å². The Hall–Kier alpha value is -0.970. The number of aromatic nitrogens is 2. The van der Waals surface area contributed by atoms with Crippen LogP contribution in [0.1, 0.15) is 35.5 Å². The number of hydrogen-bond donors (Lipinski definition) is 1. The molecule has 90 valence electrons. The van der Waals surface area contributed by atoms with Crippen molar-refractivity contribution >= 4 is 23.1 Å². The van der Waals surface area contributed by atoms with Crippen LogP contribution < -0.4 is 5.73 Å². The normalized spacial score (nSPS) is 12.6. The SMILES string of the molecule is CCCc1nnsc1C(N)c1ccc(Cl)cc1. The van der Waals surface area contributed by atoms with Gasteiger partial charge in [0.15, 0.2) is 0 Å². The van der Waals surface area contributed by atoms with Crippen molar-refractivity contribution in [2.45, 2.75) is 25.8 Å². The first-order chi connectivity index (χ1) is 8.22. The lowest BCUT2D eigenvalue weighted by atomic mass is 10.0. The molecule has 0 fully saturated rings. The van der Waals surface area contributed by atoms with Crippen molar-refractivity contribution < 1.29 is 0 Å². The maximum absolute atomic E-state index is 6.23. The van der Waals surface area contributed by atoms with Crippen LogP contribution in [0.5, 0.6) is 0 Å². The lowest BCUT2D eigenvalue weighted by Gasteiger charge is -2.10. The van der Waals surface area contributed by atoms with Gasteiger partial charge in [0.2, 0.25) is 0 Å². The van der Waals surface area contributed by atoms with E-state index in [0.29, 0.717) is 0 Å². The fraction of sp³-hybridized carbons (Fsp3) is 0.333. The van der Waals surface area contributed by atoms with E-state index in [2.05, 4.69) is 16.5 Å². The minimum atomic E-state index is -0.159. The maximum atomic E-state index is 6.23. The van der Waals surface area contributed by atoms with Gasteiger partial charge in [0, 0.05) is 5.02 Å². The van der Waals surface area contributed by atoms with E-state index in [9.17, 15) is 0 Å². The Morgan fingerprint density at radius 1 is 1.35 bits per heavy atom. The van der Waals surface area contributed by atoms with Gasteiger partial charge in [-0.25, -0.2) is 0 Å². The third-order valence-corrected chi connectivity index (χ3v) is 3.69. The lowest BCUT2D eigenvalue weighted by Crippen LogP contribution is -2.12. The van der Waals surface area contributed by atoms with Gasteiger partial charge in [-0.15, -0.1) is 5.10 Å². The Morgan fingerprint density at radius 2 is 2.06 bits per heavy atom. The third kappa shape index (κ3) is 2.83. The smallest absolute Gasteiger partial charge is 0.0807 e. The van der Waals surface area contributed by atoms with E-state index in [4.69, 9.17) is 17.3 Å². The summed E-state index contributed by atoms with van der Waals surface area (Å²) in [5.74, 6) is 0. The molecule has 0 saturated carbocycles. The molecule has 3 nitrogen and oxygen atoms in total. The average molecular weight is 268 g/mol. The van der Waals surface area contributed by atoms with Crippen LogP contribution in [0.25, 0.3) is 0 Å². The van der Waals surface area contributed by atoms with Crippen LogP contribution in [-0.2, 0) is 6.42 Å². The van der Waals surface area contributed by atoms with Crippen molar-refractivity contribution in [2.75, 3.05) is 0 Å². The summed E-state index contributed by atoms with van der Waals surface area (Å²) >= 11 is 7.24. The second kappa shape index (κ2) is 5.58. The molecule has 0 aliphatic rings. The lowest BCUT2D eigenvalue weighted by molar-refractivity contribution is 0.814. The molecule has 0 spiro atoms. The highest BCUT2D eigenvalue weighted by molar-refractivity contribution is 7.05. The molecule has 1 aromatic heterocycles. The molecule has 17 heavy (non-hydrogen) atoms. The van der Waals surface area contributed by atoms with Crippen LogP contribution in [-0.4, -0.2) is 9.59 Å². The van der Waals surface area contributed by atoms with Crippen LogP contribution in [0.15, 0.2) is 24.3 Å². The zero-order valence-electron chi connectivity index (χ0n) is 9.56. The second-order valence-electron chi connectivity index (χ2n) is 3.86. The molecular formula is C12H14ClN3S. The molecule has 1 unspecified atom stereocenters. The largest absolute Gasteiger partial charge is 0.320 e. The Labute approximate surface area is 110 Å². The molecule has 1 heterocycles. The summed E-state index contributed by atoms with van der Waals surface area (Å²) in [5.41, 5.74) is 8.28. The van der Waals surface area contributed by atoms with Crippen molar-refractivity contribution in [3.8, 4) is 0 Å². The molecule has 2 rings (SSSR count). The van der Waals surface area contributed by atoms with E-state index in [-0.39, 0.29) is 6.04 Å². The van der Waals surface area contributed by atoms with Crippen molar-refractivity contribution in [1.29, 1.82) is 0 Å². The molecule has 0 aliphatic carbocycles. The zero-order valence-corrected chi connectivity index (χ0v) is 11.1. The maximum Gasteiger partial charge on any atom is 0.0807 e.